The van der Waals surface area contributed by atoms with Gasteiger partial charge in [-0.3, -0.25) is 4.79 Å². The molecule has 2 saturated heterocycles. The molecule has 0 bridgehead atoms. The molecule has 2 fully saturated rings. The minimum absolute atomic E-state index is 0.00454. The molecule has 1 N–H and O–H groups in total. The fraction of sp³-hybridized carbons (Fsp3) is 0.818. The van der Waals surface area contributed by atoms with E-state index in [-0.39, 0.29) is 11.3 Å². The molecular formula is C11H17NO3S2. The average Bonchev–Trinajstić information content (AvgIpc) is 2.85. The second-order valence-corrected chi connectivity index (χ2v) is 7.63. The van der Waals surface area contributed by atoms with E-state index in [0.29, 0.717) is 5.75 Å². The summed E-state index contributed by atoms with van der Waals surface area (Å²) in [6, 6.07) is -0.652. The van der Waals surface area contributed by atoms with E-state index in [4.69, 9.17) is 5.11 Å². The lowest BCUT2D eigenvalue weighted by Crippen LogP contribution is -2.51. The number of hydrogen-bond donors (Lipinski definition) is 1. The van der Waals surface area contributed by atoms with Crippen LogP contribution in [-0.2, 0) is 9.59 Å². The van der Waals surface area contributed by atoms with Crippen LogP contribution in [0.5, 0.6) is 0 Å². The number of nitrogens with zero attached hydrogens (tertiary/aromatic N) is 1. The SMILES string of the molecule is CC1SCC(C(=O)O)N1C(=O)C1(C)CCCS1. The van der Waals surface area contributed by atoms with E-state index in [2.05, 4.69) is 0 Å². The maximum absolute atomic E-state index is 12.5. The molecule has 2 aliphatic heterocycles. The Balaban J connectivity index is 2.19. The third kappa shape index (κ3) is 2.29. The lowest BCUT2D eigenvalue weighted by Gasteiger charge is -2.32. The Morgan fingerprint density at radius 3 is 2.71 bits per heavy atom. The molecule has 1 amide bonds. The van der Waals surface area contributed by atoms with Gasteiger partial charge in [-0.15, -0.1) is 23.5 Å². The third-order valence-electron chi connectivity index (χ3n) is 3.41. The smallest absolute Gasteiger partial charge is 0.327 e. The molecule has 0 spiro atoms. The van der Waals surface area contributed by atoms with Gasteiger partial charge in [-0.25, -0.2) is 4.79 Å². The summed E-state index contributed by atoms with van der Waals surface area (Å²) in [7, 11) is 0. The molecule has 0 saturated carbocycles. The number of amides is 1. The Hall–Kier alpha value is -0.360. The highest BCUT2D eigenvalue weighted by atomic mass is 32.2. The summed E-state index contributed by atoms with van der Waals surface area (Å²) in [6.07, 6.45) is 1.90. The number of carbonyl (C=O) groups excluding carboxylic acids is 1. The number of aliphatic carboxylic acids is 1. The van der Waals surface area contributed by atoms with Crippen LogP contribution in [0.1, 0.15) is 26.7 Å². The zero-order chi connectivity index (χ0) is 12.6. The highest BCUT2D eigenvalue weighted by molar-refractivity contribution is 8.01. The zero-order valence-corrected chi connectivity index (χ0v) is 11.6. The van der Waals surface area contributed by atoms with Crippen LogP contribution >= 0.6 is 23.5 Å². The van der Waals surface area contributed by atoms with Crippen molar-refractivity contribution in [2.75, 3.05) is 11.5 Å². The topological polar surface area (TPSA) is 57.6 Å². The van der Waals surface area contributed by atoms with Gasteiger partial charge < -0.3 is 10.0 Å². The quantitative estimate of drug-likeness (QED) is 0.830. The van der Waals surface area contributed by atoms with Crippen LogP contribution in [0.25, 0.3) is 0 Å². The number of carboxylic acids is 1. The molecule has 0 radical (unpaired) electrons. The fourth-order valence-electron chi connectivity index (χ4n) is 2.36. The van der Waals surface area contributed by atoms with Crippen LogP contribution < -0.4 is 0 Å². The summed E-state index contributed by atoms with van der Waals surface area (Å²) in [5.41, 5.74) is 0. The van der Waals surface area contributed by atoms with E-state index in [1.807, 2.05) is 13.8 Å². The van der Waals surface area contributed by atoms with E-state index in [1.165, 1.54) is 0 Å². The van der Waals surface area contributed by atoms with Crippen molar-refractivity contribution < 1.29 is 14.7 Å². The molecule has 3 unspecified atom stereocenters. The Bertz CT molecular complexity index is 342. The summed E-state index contributed by atoms with van der Waals surface area (Å²) < 4.78 is -0.410. The van der Waals surface area contributed by atoms with Crippen LogP contribution in [0.3, 0.4) is 0 Å². The van der Waals surface area contributed by atoms with Gasteiger partial charge in [-0.2, -0.15) is 0 Å². The van der Waals surface area contributed by atoms with E-state index < -0.39 is 16.8 Å². The average molecular weight is 275 g/mol. The molecule has 0 aromatic carbocycles. The fourth-order valence-corrected chi connectivity index (χ4v) is 4.79. The Morgan fingerprint density at radius 1 is 1.47 bits per heavy atom. The van der Waals surface area contributed by atoms with E-state index >= 15 is 0 Å². The van der Waals surface area contributed by atoms with E-state index in [1.54, 1.807) is 28.4 Å². The van der Waals surface area contributed by atoms with Crippen molar-refractivity contribution in [1.82, 2.24) is 4.90 Å². The van der Waals surface area contributed by atoms with Gasteiger partial charge in [0.05, 0.1) is 10.1 Å². The Labute approximate surface area is 110 Å². The summed E-state index contributed by atoms with van der Waals surface area (Å²) in [5.74, 6) is 0.616. The van der Waals surface area contributed by atoms with Crippen LogP contribution in [-0.4, -0.2) is 49.6 Å². The minimum atomic E-state index is -0.887. The maximum Gasteiger partial charge on any atom is 0.327 e. The molecule has 0 aromatic rings. The van der Waals surface area contributed by atoms with Gasteiger partial charge in [0.15, 0.2) is 0 Å². The van der Waals surface area contributed by atoms with Crippen LogP contribution in [0.4, 0.5) is 0 Å². The summed E-state index contributed by atoms with van der Waals surface area (Å²) >= 11 is 3.20. The van der Waals surface area contributed by atoms with Gasteiger partial charge in [-0.05, 0) is 32.4 Å². The van der Waals surface area contributed by atoms with Crippen LogP contribution in [0.15, 0.2) is 0 Å². The predicted molar refractivity (Wildman–Crippen MR) is 70.3 cm³/mol. The van der Waals surface area contributed by atoms with Gasteiger partial charge in [0.25, 0.3) is 0 Å². The molecule has 0 aliphatic carbocycles. The van der Waals surface area contributed by atoms with Crippen molar-refractivity contribution in [3.8, 4) is 0 Å². The van der Waals surface area contributed by atoms with E-state index in [0.717, 1.165) is 18.6 Å². The van der Waals surface area contributed by atoms with Crippen molar-refractivity contribution in [3.05, 3.63) is 0 Å². The van der Waals surface area contributed by atoms with Gasteiger partial charge in [0.1, 0.15) is 6.04 Å². The molecule has 17 heavy (non-hydrogen) atoms. The molecule has 2 rings (SSSR count). The Morgan fingerprint density at radius 2 is 2.18 bits per heavy atom. The molecule has 6 heteroatoms. The number of rotatable bonds is 2. The standard InChI is InChI=1S/C11H17NO3S2/c1-7-12(8(6-16-7)9(13)14)10(15)11(2)4-3-5-17-11/h7-8H,3-6H2,1-2H3,(H,13,14). The summed E-state index contributed by atoms with van der Waals surface area (Å²) in [6.45, 7) is 3.86. The van der Waals surface area contributed by atoms with Gasteiger partial charge in [0, 0.05) is 5.75 Å². The second-order valence-electron chi connectivity index (χ2n) is 4.68. The first kappa shape index (κ1) is 13.1. The van der Waals surface area contributed by atoms with Crippen molar-refractivity contribution in [3.63, 3.8) is 0 Å². The van der Waals surface area contributed by atoms with Crippen molar-refractivity contribution >= 4 is 35.4 Å². The van der Waals surface area contributed by atoms with Crippen LogP contribution in [0.2, 0.25) is 0 Å². The highest BCUT2D eigenvalue weighted by Gasteiger charge is 2.47. The highest BCUT2D eigenvalue weighted by Crippen LogP contribution is 2.42. The molecular weight excluding hydrogens is 258 g/mol. The first-order valence-corrected chi connectivity index (χ1v) is 7.80. The molecule has 3 atom stereocenters. The molecule has 2 aliphatic rings. The molecule has 2 heterocycles. The number of carbonyl (C=O) groups is 2. The maximum atomic E-state index is 12.5. The first-order chi connectivity index (χ1) is 7.96. The number of thioether (sulfide) groups is 2. The Kier molecular flexibility index (Phi) is 3.63. The molecule has 96 valence electrons. The number of hydrogen-bond acceptors (Lipinski definition) is 4. The van der Waals surface area contributed by atoms with Gasteiger partial charge >= 0.3 is 5.97 Å². The predicted octanol–water partition coefficient (Wildman–Crippen LogP) is 1.65. The minimum Gasteiger partial charge on any atom is -0.480 e. The molecule has 0 aromatic heterocycles. The van der Waals surface area contributed by atoms with Crippen molar-refractivity contribution in [1.29, 1.82) is 0 Å². The first-order valence-electron chi connectivity index (χ1n) is 5.77. The summed E-state index contributed by atoms with van der Waals surface area (Å²) in [4.78, 5) is 25.3. The zero-order valence-electron chi connectivity index (χ0n) is 10.0. The van der Waals surface area contributed by atoms with Crippen LogP contribution in [0, 0.1) is 0 Å². The third-order valence-corrected chi connectivity index (χ3v) is 6.14. The second kappa shape index (κ2) is 4.72. The van der Waals surface area contributed by atoms with Gasteiger partial charge in [-0.1, -0.05) is 0 Å². The van der Waals surface area contributed by atoms with Crippen molar-refractivity contribution in [2.24, 2.45) is 0 Å². The monoisotopic (exact) mass is 275 g/mol. The largest absolute Gasteiger partial charge is 0.480 e. The lowest BCUT2D eigenvalue weighted by molar-refractivity contribution is -0.149. The summed E-state index contributed by atoms with van der Waals surface area (Å²) in [5, 5.41) is 9.14. The number of carboxylic acid groups (broad SMARTS) is 1. The van der Waals surface area contributed by atoms with E-state index in [9.17, 15) is 9.59 Å². The van der Waals surface area contributed by atoms with Gasteiger partial charge in [0.2, 0.25) is 5.91 Å². The molecule has 4 nitrogen and oxygen atoms in total. The normalized spacial score (nSPS) is 37.4. The van der Waals surface area contributed by atoms with Crippen molar-refractivity contribution in [2.45, 2.75) is 42.9 Å². The lowest BCUT2D eigenvalue weighted by atomic mass is 10.0.